The van der Waals surface area contributed by atoms with Crippen LogP contribution >= 0.6 is 0 Å². The Labute approximate surface area is 128 Å². The predicted octanol–water partition coefficient (Wildman–Crippen LogP) is 1.08. The Kier molecular flexibility index (Phi) is 16.8. The number of carbonyl (C=O) groups is 1. The van der Waals surface area contributed by atoms with Gasteiger partial charge >= 0.3 is 0 Å². The van der Waals surface area contributed by atoms with Crippen molar-refractivity contribution in [2.45, 2.75) is 39.0 Å². The summed E-state index contributed by atoms with van der Waals surface area (Å²) < 4.78 is 16.1. The third-order valence-electron chi connectivity index (χ3n) is 2.78. The first-order valence-corrected chi connectivity index (χ1v) is 8.01. The molecule has 0 aliphatic rings. The van der Waals surface area contributed by atoms with E-state index in [9.17, 15) is 4.79 Å². The zero-order valence-corrected chi connectivity index (χ0v) is 13.4. The van der Waals surface area contributed by atoms with E-state index in [1.54, 1.807) is 0 Å². The smallest absolute Gasteiger partial charge is 0.219 e. The molecule has 0 saturated carbocycles. The zero-order chi connectivity index (χ0) is 15.6. The van der Waals surface area contributed by atoms with Gasteiger partial charge in [0, 0.05) is 26.2 Å². The number of ether oxygens (including phenoxy) is 3. The van der Waals surface area contributed by atoms with Crippen LogP contribution in [0.3, 0.4) is 0 Å². The third-order valence-corrected chi connectivity index (χ3v) is 2.78. The van der Waals surface area contributed by atoms with Crippen molar-refractivity contribution in [1.29, 1.82) is 0 Å². The van der Waals surface area contributed by atoms with Crippen LogP contribution in [0.15, 0.2) is 0 Å². The maximum Gasteiger partial charge on any atom is 0.219 e. The van der Waals surface area contributed by atoms with Gasteiger partial charge in [-0.1, -0.05) is 13.3 Å². The van der Waals surface area contributed by atoms with Gasteiger partial charge in [-0.2, -0.15) is 0 Å². The molecule has 0 saturated heterocycles. The lowest BCUT2D eigenvalue weighted by atomic mass is 10.2. The number of carbonyl (C=O) groups excluding carboxylic acids is 1. The summed E-state index contributed by atoms with van der Waals surface area (Å²) in [4.78, 5) is 11.3. The van der Waals surface area contributed by atoms with Crippen molar-refractivity contribution in [1.82, 2.24) is 5.32 Å². The van der Waals surface area contributed by atoms with Crippen LogP contribution in [0.25, 0.3) is 0 Å². The van der Waals surface area contributed by atoms with Crippen molar-refractivity contribution in [2.75, 3.05) is 52.7 Å². The molecular weight excluding hydrogens is 272 g/mol. The molecule has 0 radical (unpaired) electrons. The molecule has 1 amide bonds. The zero-order valence-electron chi connectivity index (χ0n) is 13.4. The Morgan fingerprint density at radius 1 is 0.905 bits per heavy atom. The summed E-state index contributed by atoms with van der Waals surface area (Å²) in [7, 11) is 0. The second-order valence-corrected chi connectivity index (χ2v) is 4.79. The number of hydrogen-bond acceptors (Lipinski definition) is 5. The lowest BCUT2D eigenvalue weighted by Gasteiger charge is -2.07. The van der Waals surface area contributed by atoms with E-state index in [0.29, 0.717) is 59.2 Å². The second kappa shape index (κ2) is 17.4. The Bertz CT molecular complexity index is 228. The summed E-state index contributed by atoms with van der Waals surface area (Å²) in [6.07, 6.45) is 4.35. The Morgan fingerprint density at radius 2 is 1.48 bits per heavy atom. The monoisotopic (exact) mass is 304 g/mol. The molecule has 0 fully saturated rings. The fraction of sp³-hybridized carbons (Fsp3) is 0.933. The quantitative estimate of drug-likeness (QED) is 0.417. The van der Waals surface area contributed by atoms with Crippen LogP contribution in [0.1, 0.15) is 39.0 Å². The van der Waals surface area contributed by atoms with E-state index < -0.39 is 0 Å². The van der Waals surface area contributed by atoms with Crippen LogP contribution in [0.2, 0.25) is 0 Å². The van der Waals surface area contributed by atoms with Crippen LogP contribution in [0, 0.1) is 0 Å². The first kappa shape index (κ1) is 20.3. The van der Waals surface area contributed by atoms with Gasteiger partial charge in [0.25, 0.3) is 0 Å². The van der Waals surface area contributed by atoms with Crippen molar-refractivity contribution in [2.24, 2.45) is 5.73 Å². The first-order valence-electron chi connectivity index (χ1n) is 8.01. The summed E-state index contributed by atoms with van der Waals surface area (Å²) in [5.41, 5.74) is 5.35. The minimum atomic E-state index is 0.134. The lowest BCUT2D eigenvalue weighted by molar-refractivity contribution is -0.121. The summed E-state index contributed by atoms with van der Waals surface area (Å²) in [6.45, 7) is 7.09. The van der Waals surface area contributed by atoms with E-state index in [1.165, 1.54) is 0 Å². The molecule has 0 spiro atoms. The van der Waals surface area contributed by atoms with Gasteiger partial charge in [-0.05, 0) is 25.8 Å². The van der Waals surface area contributed by atoms with Crippen LogP contribution in [0.4, 0.5) is 0 Å². The molecule has 21 heavy (non-hydrogen) atoms. The SMILES string of the molecule is CCCCC(=O)NCCCOCCOCCOCCCN. The maximum absolute atomic E-state index is 11.3. The molecule has 6 heteroatoms. The van der Waals surface area contributed by atoms with E-state index in [4.69, 9.17) is 19.9 Å². The molecule has 0 aliphatic heterocycles. The predicted molar refractivity (Wildman–Crippen MR) is 83.3 cm³/mol. The molecular formula is C15H32N2O4. The summed E-state index contributed by atoms with van der Waals surface area (Å²) in [5, 5.41) is 2.88. The van der Waals surface area contributed by atoms with Gasteiger partial charge in [0.1, 0.15) is 0 Å². The number of unbranched alkanes of at least 4 members (excludes halogenated alkanes) is 1. The number of nitrogens with one attached hydrogen (secondary N) is 1. The molecule has 0 rings (SSSR count). The third kappa shape index (κ3) is 17.3. The molecule has 3 N–H and O–H groups in total. The van der Waals surface area contributed by atoms with Crippen LogP contribution < -0.4 is 11.1 Å². The van der Waals surface area contributed by atoms with Crippen LogP contribution in [-0.2, 0) is 19.0 Å². The summed E-state index contributed by atoms with van der Waals surface area (Å²) in [5.74, 6) is 0.134. The van der Waals surface area contributed by atoms with E-state index in [1.807, 2.05) is 0 Å². The molecule has 126 valence electrons. The number of rotatable bonds is 16. The number of amides is 1. The molecule has 0 aromatic heterocycles. The van der Waals surface area contributed by atoms with Crippen molar-refractivity contribution in [3.8, 4) is 0 Å². The molecule has 6 nitrogen and oxygen atoms in total. The van der Waals surface area contributed by atoms with Gasteiger partial charge in [-0.15, -0.1) is 0 Å². The molecule has 0 bridgehead atoms. The highest BCUT2D eigenvalue weighted by Crippen LogP contribution is 1.93. The fourth-order valence-electron chi connectivity index (χ4n) is 1.56. The Morgan fingerprint density at radius 3 is 2.05 bits per heavy atom. The Hall–Kier alpha value is -0.690. The van der Waals surface area contributed by atoms with Crippen molar-refractivity contribution < 1.29 is 19.0 Å². The number of nitrogens with two attached hydrogens (primary N) is 1. The second-order valence-electron chi connectivity index (χ2n) is 4.79. The van der Waals surface area contributed by atoms with Crippen molar-refractivity contribution in [3.63, 3.8) is 0 Å². The average molecular weight is 304 g/mol. The van der Waals surface area contributed by atoms with Crippen LogP contribution in [-0.4, -0.2) is 58.6 Å². The van der Waals surface area contributed by atoms with E-state index in [2.05, 4.69) is 12.2 Å². The largest absolute Gasteiger partial charge is 0.379 e. The van der Waals surface area contributed by atoms with Gasteiger partial charge in [0.15, 0.2) is 0 Å². The lowest BCUT2D eigenvalue weighted by Crippen LogP contribution is -2.25. The minimum absolute atomic E-state index is 0.134. The highest BCUT2D eigenvalue weighted by molar-refractivity contribution is 5.75. The molecule has 0 atom stereocenters. The van der Waals surface area contributed by atoms with Gasteiger partial charge < -0.3 is 25.3 Å². The Balaban J connectivity index is 3.04. The van der Waals surface area contributed by atoms with Gasteiger partial charge in [-0.3, -0.25) is 4.79 Å². The molecule has 0 aliphatic carbocycles. The van der Waals surface area contributed by atoms with Crippen molar-refractivity contribution >= 4 is 5.91 Å². The normalized spacial score (nSPS) is 10.8. The minimum Gasteiger partial charge on any atom is -0.379 e. The first-order chi connectivity index (χ1) is 10.3. The average Bonchev–Trinajstić information content (AvgIpc) is 2.49. The molecule has 0 aromatic carbocycles. The highest BCUT2D eigenvalue weighted by atomic mass is 16.5. The number of hydrogen-bond donors (Lipinski definition) is 2. The van der Waals surface area contributed by atoms with Crippen molar-refractivity contribution in [3.05, 3.63) is 0 Å². The molecule has 0 unspecified atom stereocenters. The topological polar surface area (TPSA) is 82.8 Å². The van der Waals surface area contributed by atoms with E-state index >= 15 is 0 Å². The van der Waals surface area contributed by atoms with Gasteiger partial charge in [-0.25, -0.2) is 0 Å². The molecule has 0 aromatic rings. The van der Waals surface area contributed by atoms with Gasteiger partial charge in [0.05, 0.1) is 26.4 Å². The maximum atomic E-state index is 11.3. The highest BCUT2D eigenvalue weighted by Gasteiger charge is 1.98. The van der Waals surface area contributed by atoms with Crippen LogP contribution in [0.5, 0.6) is 0 Å². The van der Waals surface area contributed by atoms with E-state index in [-0.39, 0.29) is 5.91 Å². The summed E-state index contributed by atoms with van der Waals surface area (Å²) >= 11 is 0. The van der Waals surface area contributed by atoms with Gasteiger partial charge in [0.2, 0.25) is 5.91 Å². The van der Waals surface area contributed by atoms with E-state index in [0.717, 1.165) is 25.7 Å². The molecule has 0 heterocycles. The summed E-state index contributed by atoms with van der Waals surface area (Å²) in [6, 6.07) is 0. The standard InChI is InChI=1S/C15H32N2O4/c1-2-3-6-15(18)17-8-5-10-20-12-14-21-13-11-19-9-4-7-16/h2-14,16H2,1H3,(H,17,18). The fourth-order valence-corrected chi connectivity index (χ4v) is 1.56.